The van der Waals surface area contributed by atoms with Crippen molar-refractivity contribution in [3.8, 4) is 0 Å². The molecule has 0 N–H and O–H groups in total. The zero-order valence-electron chi connectivity index (χ0n) is 3.94. The van der Waals surface area contributed by atoms with Crippen molar-refractivity contribution >= 4 is 52.8 Å². The predicted octanol–water partition coefficient (Wildman–Crippen LogP) is 1.74. The fourth-order valence-corrected chi connectivity index (χ4v) is 0.607. The summed E-state index contributed by atoms with van der Waals surface area (Å²) in [6.45, 7) is 0. The van der Waals surface area contributed by atoms with Crippen molar-refractivity contribution in [2.24, 2.45) is 0 Å². The number of halogens is 2. The second kappa shape index (κ2) is 4.53. The van der Waals surface area contributed by atoms with Crippen LogP contribution in [0.25, 0.3) is 0 Å². The summed E-state index contributed by atoms with van der Waals surface area (Å²) in [5.41, 5.74) is 0. The predicted molar refractivity (Wildman–Crippen MR) is 41.4 cm³/mol. The molecule has 1 aromatic heterocycles. The molecule has 9 heavy (non-hydrogen) atoms. The van der Waals surface area contributed by atoms with E-state index >= 15 is 0 Å². The van der Waals surface area contributed by atoms with Gasteiger partial charge in [-0.2, -0.15) is 0 Å². The average Bonchev–Trinajstić information content (AvgIpc) is 1.77. The molecule has 0 bridgehead atoms. The van der Waals surface area contributed by atoms with Gasteiger partial charge in [0.1, 0.15) is 5.15 Å². The van der Waals surface area contributed by atoms with Crippen molar-refractivity contribution in [3.63, 3.8) is 0 Å². The third kappa shape index (κ3) is 2.87. The summed E-state index contributed by atoms with van der Waals surface area (Å²) in [4.78, 5) is 3.71. The number of hydrogen-bond donors (Lipinski definition) is 0. The van der Waals surface area contributed by atoms with Gasteiger partial charge in [-0.1, -0.05) is 23.2 Å². The summed E-state index contributed by atoms with van der Waals surface area (Å²) < 4.78 is 0. The molecule has 0 atom stereocenters. The Morgan fingerprint density at radius 1 is 1.33 bits per heavy atom. The van der Waals surface area contributed by atoms with E-state index in [1.165, 1.54) is 0 Å². The fraction of sp³-hybridized carbons (Fsp3) is 0. The molecule has 1 nitrogen and oxygen atoms in total. The quantitative estimate of drug-likeness (QED) is 0.429. The van der Waals surface area contributed by atoms with Gasteiger partial charge < -0.3 is 0 Å². The van der Waals surface area contributed by atoms with Crippen molar-refractivity contribution in [1.29, 1.82) is 0 Å². The van der Waals surface area contributed by atoms with Gasteiger partial charge in [0.15, 0.2) is 0 Å². The SMILES string of the molecule is Clc1cccnc1Cl.[NaH]. The monoisotopic (exact) mass is 171 g/mol. The Balaban J connectivity index is 0.000000640. The van der Waals surface area contributed by atoms with Gasteiger partial charge in [0.2, 0.25) is 0 Å². The number of hydrogen-bond acceptors (Lipinski definition) is 1. The van der Waals surface area contributed by atoms with Crippen LogP contribution in [0, 0.1) is 0 Å². The molecule has 0 aromatic carbocycles. The number of nitrogens with zero attached hydrogens (tertiary/aromatic N) is 1. The van der Waals surface area contributed by atoms with Gasteiger partial charge in [0.25, 0.3) is 0 Å². The molecule has 0 radical (unpaired) electrons. The second-order valence-corrected chi connectivity index (χ2v) is 2.04. The van der Waals surface area contributed by atoms with E-state index in [1.54, 1.807) is 18.3 Å². The van der Waals surface area contributed by atoms with E-state index in [2.05, 4.69) is 4.98 Å². The Labute approximate surface area is 85.7 Å². The molecule has 0 aliphatic rings. The summed E-state index contributed by atoms with van der Waals surface area (Å²) in [6, 6.07) is 3.42. The van der Waals surface area contributed by atoms with Crippen LogP contribution < -0.4 is 0 Å². The molecule has 0 unspecified atom stereocenters. The van der Waals surface area contributed by atoms with Gasteiger partial charge >= 0.3 is 29.6 Å². The third-order valence-electron chi connectivity index (χ3n) is 0.714. The van der Waals surface area contributed by atoms with E-state index in [0.717, 1.165) is 0 Å². The summed E-state index contributed by atoms with van der Waals surface area (Å²) >= 11 is 11.0. The summed E-state index contributed by atoms with van der Waals surface area (Å²) in [5.74, 6) is 0. The molecule has 1 rings (SSSR count). The molecule has 0 aliphatic carbocycles. The van der Waals surface area contributed by atoms with Crippen LogP contribution >= 0.6 is 23.2 Å². The molecule has 4 heteroatoms. The molecule has 44 valence electrons. The second-order valence-electron chi connectivity index (χ2n) is 1.28. The minimum absolute atomic E-state index is 0. The Morgan fingerprint density at radius 2 is 2.00 bits per heavy atom. The Bertz CT molecular complexity index is 171. The molecule has 0 amide bonds. The van der Waals surface area contributed by atoms with Crippen molar-refractivity contribution in [3.05, 3.63) is 28.5 Å². The van der Waals surface area contributed by atoms with E-state index in [1.807, 2.05) is 0 Å². The molecular weight excluding hydrogens is 168 g/mol. The van der Waals surface area contributed by atoms with Gasteiger partial charge in [-0.05, 0) is 12.1 Å². The van der Waals surface area contributed by atoms with Gasteiger partial charge in [-0.15, -0.1) is 0 Å². The van der Waals surface area contributed by atoms with E-state index in [0.29, 0.717) is 10.2 Å². The van der Waals surface area contributed by atoms with E-state index in [4.69, 9.17) is 23.2 Å². The van der Waals surface area contributed by atoms with E-state index < -0.39 is 0 Å². The first-order valence-electron chi connectivity index (χ1n) is 2.07. The van der Waals surface area contributed by atoms with E-state index in [-0.39, 0.29) is 29.6 Å². The van der Waals surface area contributed by atoms with Gasteiger partial charge in [-0.3, -0.25) is 0 Å². The molecule has 1 heterocycles. The summed E-state index contributed by atoms with van der Waals surface area (Å²) in [6.07, 6.45) is 1.59. The van der Waals surface area contributed by atoms with Crippen LogP contribution in [0.1, 0.15) is 0 Å². The van der Waals surface area contributed by atoms with Gasteiger partial charge in [0.05, 0.1) is 5.02 Å². The third-order valence-corrected chi connectivity index (χ3v) is 1.42. The standard InChI is InChI=1S/C5H3Cl2N.Na.H/c6-4-2-1-3-8-5(4)7;;/h1-3H;;. The van der Waals surface area contributed by atoms with Crippen molar-refractivity contribution in [1.82, 2.24) is 4.98 Å². The zero-order chi connectivity index (χ0) is 5.98. The van der Waals surface area contributed by atoms with Crippen LogP contribution in [0.4, 0.5) is 0 Å². The topological polar surface area (TPSA) is 12.9 Å². The molecule has 0 aliphatic heterocycles. The van der Waals surface area contributed by atoms with Crippen LogP contribution in [0.3, 0.4) is 0 Å². The maximum atomic E-state index is 5.51. The average molecular weight is 172 g/mol. The number of aromatic nitrogens is 1. The van der Waals surface area contributed by atoms with E-state index in [9.17, 15) is 0 Å². The first kappa shape index (κ1) is 9.73. The number of rotatable bonds is 0. The molecular formula is C5H4Cl2NNa. The molecule has 0 saturated heterocycles. The minimum atomic E-state index is 0. The first-order chi connectivity index (χ1) is 3.80. The summed E-state index contributed by atoms with van der Waals surface area (Å²) in [7, 11) is 0. The molecule has 1 aromatic rings. The summed E-state index contributed by atoms with van der Waals surface area (Å²) in [5, 5.41) is 0.850. The molecule has 0 spiro atoms. The van der Waals surface area contributed by atoms with Crippen molar-refractivity contribution in [2.45, 2.75) is 0 Å². The zero-order valence-corrected chi connectivity index (χ0v) is 5.45. The molecule has 0 fully saturated rings. The van der Waals surface area contributed by atoms with Crippen LogP contribution in [-0.4, -0.2) is 34.5 Å². The Hall–Kier alpha value is 0.730. The number of pyridine rings is 1. The van der Waals surface area contributed by atoms with Crippen molar-refractivity contribution in [2.75, 3.05) is 0 Å². The van der Waals surface area contributed by atoms with Gasteiger partial charge in [0, 0.05) is 6.20 Å². The van der Waals surface area contributed by atoms with Gasteiger partial charge in [-0.25, -0.2) is 4.98 Å². The first-order valence-corrected chi connectivity index (χ1v) is 2.82. The Kier molecular flexibility index (Phi) is 4.90. The van der Waals surface area contributed by atoms with Crippen molar-refractivity contribution < 1.29 is 0 Å². The molecule has 0 saturated carbocycles. The van der Waals surface area contributed by atoms with Crippen LogP contribution in [0.15, 0.2) is 18.3 Å². The Morgan fingerprint density at radius 3 is 2.33 bits per heavy atom. The fourth-order valence-electron chi connectivity index (χ4n) is 0.366. The van der Waals surface area contributed by atoms with Crippen LogP contribution in [-0.2, 0) is 0 Å². The van der Waals surface area contributed by atoms with Crippen LogP contribution in [0.5, 0.6) is 0 Å². The normalized spacial score (nSPS) is 8.22. The maximum absolute atomic E-state index is 5.51. The van der Waals surface area contributed by atoms with Crippen LogP contribution in [0.2, 0.25) is 10.2 Å².